The molecule has 118 valence electrons. The lowest BCUT2D eigenvalue weighted by molar-refractivity contribution is 0.250. The number of benzene rings is 1. The Labute approximate surface area is 127 Å². The molecule has 0 spiro atoms. The first kappa shape index (κ1) is 16.1. The lowest BCUT2D eigenvalue weighted by Gasteiger charge is -2.14. The highest BCUT2D eigenvalue weighted by molar-refractivity contribution is 5.40. The normalized spacial score (nSPS) is 14.2. The van der Waals surface area contributed by atoms with Crippen LogP contribution >= 0.6 is 0 Å². The van der Waals surface area contributed by atoms with E-state index < -0.39 is 0 Å². The quantitative estimate of drug-likeness (QED) is 0.616. The number of aliphatic hydroxyl groups is 1. The monoisotopic (exact) mass is 293 g/mol. The predicted molar refractivity (Wildman–Crippen MR) is 83.9 cm³/mol. The molecule has 0 saturated heterocycles. The van der Waals surface area contributed by atoms with Gasteiger partial charge < -0.3 is 19.9 Å². The summed E-state index contributed by atoms with van der Waals surface area (Å²) in [6, 6.07) is 6.77. The maximum Gasteiger partial charge on any atom is 0.127 e. The smallest absolute Gasteiger partial charge is 0.127 e. The van der Waals surface area contributed by atoms with Crippen molar-refractivity contribution in [3.63, 3.8) is 0 Å². The Hall–Kier alpha value is -1.26. The number of hydrogen-bond donors (Lipinski definition) is 2. The number of aliphatic hydroxyl groups excluding tert-OH is 1. The SMILES string of the molecule is CCCOc1ccc(CNC2CC2)c(OCCCCO)c1. The lowest BCUT2D eigenvalue weighted by atomic mass is 10.2. The summed E-state index contributed by atoms with van der Waals surface area (Å²) in [7, 11) is 0. The number of ether oxygens (including phenoxy) is 2. The summed E-state index contributed by atoms with van der Waals surface area (Å²) in [4.78, 5) is 0. The number of nitrogens with one attached hydrogen (secondary N) is 1. The second kappa shape index (κ2) is 8.90. The van der Waals surface area contributed by atoms with Crippen LogP contribution in [0.15, 0.2) is 18.2 Å². The van der Waals surface area contributed by atoms with Gasteiger partial charge in [-0.3, -0.25) is 0 Å². The molecule has 2 N–H and O–H groups in total. The van der Waals surface area contributed by atoms with E-state index in [0.29, 0.717) is 12.6 Å². The molecule has 1 aliphatic rings. The van der Waals surface area contributed by atoms with E-state index in [9.17, 15) is 0 Å². The van der Waals surface area contributed by atoms with Crippen molar-refractivity contribution >= 4 is 0 Å². The Morgan fingerprint density at radius 2 is 2.05 bits per heavy atom. The molecule has 0 atom stereocenters. The number of hydrogen-bond acceptors (Lipinski definition) is 4. The van der Waals surface area contributed by atoms with Crippen LogP contribution in [0, 0.1) is 0 Å². The second-order valence-corrected chi connectivity index (χ2v) is 5.55. The molecular formula is C17H27NO3. The third-order valence-electron chi connectivity index (χ3n) is 3.48. The summed E-state index contributed by atoms with van der Waals surface area (Å²) in [6.45, 7) is 4.52. The molecule has 0 aliphatic heterocycles. The van der Waals surface area contributed by atoms with Crippen molar-refractivity contribution in [2.24, 2.45) is 0 Å². The number of rotatable bonds is 11. The molecule has 0 radical (unpaired) electrons. The summed E-state index contributed by atoms with van der Waals surface area (Å²) < 4.78 is 11.6. The van der Waals surface area contributed by atoms with Gasteiger partial charge in [-0.2, -0.15) is 0 Å². The van der Waals surface area contributed by atoms with Crippen LogP contribution in [0.3, 0.4) is 0 Å². The van der Waals surface area contributed by atoms with Crippen LogP contribution in [0.1, 0.15) is 44.6 Å². The number of unbranched alkanes of at least 4 members (excludes halogenated alkanes) is 1. The Morgan fingerprint density at radius 3 is 2.76 bits per heavy atom. The predicted octanol–water partition coefficient (Wildman–Crippen LogP) is 2.88. The standard InChI is InChI=1S/C17H27NO3/c1-2-10-20-16-8-5-14(13-18-15-6-7-15)17(12-16)21-11-4-3-9-19/h5,8,12,15,18-19H,2-4,6-7,9-11,13H2,1H3. The minimum Gasteiger partial charge on any atom is -0.493 e. The molecule has 0 bridgehead atoms. The highest BCUT2D eigenvalue weighted by atomic mass is 16.5. The van der Waals surface area contributed by atoms with Crippen LogP contribution < -0.4 is 14.8 Å². The van der Waals surface area contributed by atoms with Gasteiger partial charge in [0.2, 0.25) is 0 Å². The van der Waals surface area contributed by atoms with E-state index in [0.717, 1.165) is 43.9 Å². The molecule has 1 aromatic carbocycles. The van der Waals surface area contributed by atoms with E-state index in [4.69, 9.17) is 14.6 Å². The molecule has 4 nitrogen and oxygen atoms in total. The molecule has 1 aliphatic carbocycles. The summed E-state index contributed by atoms with van der Waals surface area (Å²) >= 11 is 0. The molecule has 4 heteroatoms. The van der Waals surface area contributed by atoms with E-state index >= 15 is 0 Å². The van der Waals surface area contributed by atoms with Crippen LogP contribution in [0.4, 0.5) is 0 Å². The van der Waals surface area contributed by atoms with Gasteiger partial charge in [0.15, 0.2) is 0 Å². The van der Waals surface area contributed by atoms with Gasteiger partial charge in [0.1, 0.15) is 11.5 Å². The van der Waals surface area contributed by atoms with Crippen molar-refractivity contribution in [1.29, 1.82) is 0 Å². The molecule has 1 fully saturated rings. The van der Waals surface area contributed by atoms with Crippen LogP contribution in [0.5, 0.6) is 11.5 Å². The summed E-state index contributed by atoms with van der Waals surface area (Å²) in [5.74, 6) is 1.76. The fraction of sp³-hybridized carbons (Fsp3) is 0.647. The van der Waals surface area contributed by atoms with Gasteiger partial charge in [0, 0.05) is 30.8 Å². The molecule has 1 saturated carbocycles. The summed E-state index contributed by atoms with van der Waals surface area (Å²) in [5.41, 5.74) is 1.18. The minimum absolute atomic E-state index is 0.221. The molecule has 1 aromatic rings. The van der Waals surface area contributed by atoms with Crippen molar-refractivity contribution in [3.05, 3.63) is 23.8 Å². The molecule has 21 heavy (non-hydrogen) atoms. The minimum atomic E-state index is 0.221. The van der Waals surface area contributed by atoms with Crippen molar-refractivity contribution in [1.82, 2.24) is 5.32 Å². The second-order valence-electron chi connectivity index (χ2n) is 5.55. The van der Waals surface area contributed by atoms with E-state index in [1.54, 1.807) is 0 Å². The van der Waals surface area contributed by atoms with E-state index in [-0.39, 0.29) is 6.61 Å². The van der Waals surface area contributed by atoms with Crippen molar-refractivity contribution < 1.29 is 14.6 Å². The molecule has 0 amide bonds. The van der Waals surface area contributed by atoms with E-state index in [1.807, 2.05) is 12.1 Å². The van der Waals surface area contributed by atoms with Gasteiger partial charge in [-0.05, 0) is 38.2 Å². The average molecular weight is 293 g/mol. The van der Waals surface area contributed by atoms with Gasteiger partial charge in [-0.25, -0.2) is 0 Å². The maximum absolute atomic E-state index is 8.83. The Balaban J connectivity index is 1.94. The summed E-state index contributed by atoms with van der Waals surface area (Å²) in [5, 5.41) is 12.3. The fourth-order valence-electron chi connectivity index (χ4n) is 2.06. The third-order valence-corrected chi connectivity index (χ3v) is 3.48. The lowest BCUT2D eigenvalue weighted by Crippen LogP contribution is -2.16. The van der Waals surface area contributed by atoms with Crippen LogP contribution in [0.2, 0.25) is 0 Å². The van der Waals surface area contributed by atoms with Crippen LogP contribution in [-0.4, -0.2) is 31.0 Å². The third kappa shape index (κ3) is 5.94. The highest BCUT2D eigenvalue weighted by Crippen LogP contribution is 2.27. The molecule has 0 unspecified atom stereocenters. The molecule has 0 aromatic heterocycles. The Kier molecular flexibility index (Phi) is 6.83. The first-order chi connectivity index (χ1) is 10.3. The van der Waals surface area contributed by atoms with Gasteiger partial charge in [-0.1, -0.05) is 13.0 Å². The van der Waals surface area contributed by atoms with Crippen LogP contribution in [0.25, 0.3) is 0 Å². The molecule has 0 heterocycles. The Bertz CT molecular complexity index is 418. The molecular weight excluding hydrogens is 266 g/mol. The van der Waals surface area contributed by atoms with Crippen LogP contribution in [-0.2, 0) is 6.54 Å². The van der Waals surface area contributed by atoms with Gasteiger partial charge >= 0.3 is 0 Å². The van der Waals surface area contributed by atoms with Crippen molar-refractivity contribution in [3.8, 4) is 11.5 Å². The summed E-state index contributed by atoms with van der Waals surface area (Å²) in [6.07, 6.45) is 5.21. The Morgan fingerprint density at radius 1 is 1.19 bits per heavy atom. The van der Waals surface area contributed by atoms with Gasteiger partial charge in [0.25, 0.3) is 0 Å². The average Bonchev–Trinajstić information content (AvgIpc) is 3.32. The first-order valence-electron chi connectivity index (χ1n) is 8.06. The highest BCUT2D eigenvalue weighted by Gasteiger charge is 2.20. The zero-order valence-electron chi connectivity index (χ0n) is 12.9. The van der Waals surface area contributed by atoms with E-state index in [2.05, 4.69) is 18.3 Å². The first-order valence-corrected chi connectivity index (χ1v) is 8.06. The fourth-order valence-corrected chi connectivity index (χ4v) is 2.06. The zero-order valence-corrected chi connectivity index (χ0v) is 12.9. The van der Waals surface area contributed by atoms with Crippen molar-refractivity contribution in [2.45, 2.75) is 51.6 Å². The molecule has 2 rings (SSSR count). The van der Waals surface area contributed by atoms with E-state index in [1.165, 1.54) is 18.4 Å². The maximum atomic E-state index is 8.83. The zero-order chi connectivity index (χ0) is 14.9. The largest absolute Gasteiger partial charge is 0.493 e. The van der Waals surface area contributed by atoms with Gasteiger partial charge in [0.05, 0.1) is 13.2 Å². The van der Waals surface area contributed by atoms with Crippen molar-refractivity contribution in [2.75, 3.05) is 19.8 Å². The van der Waals surface area contributed by atoms with Gasteiger partial charge in [-0.15, -0.1) is 0 Å². The topological polar surface area (TPSA) is 50.7 Å².